The van der Waals surface area contributed by atoms with Gasteiger partial charge in [-0.25, -0.2) is 0 Å². The Bertz CT molecular complexity index is 701. The second-order valence-corrected chi connectivity index (χ2v) is 6.56. The van der Waals surface area contributed by atoms with E-state index >= 15 is 0 Å². The van der Waals surface area contributed by atoms with Crippen molar-refractivity contribution in [2.45, 2.75) is 51.5 Å². The SMILES string of the molecule is Cc1nc(Nc2ccc(O)c(Cl)c2)nc(NC2CCCCCC2)n1. The lowest BCUT2D eigenvalue weighted by atomic mass is 10.1. The molecular weight excluding hydrogens is 326 g/mol. The molecule has 0 radical (unpaired) electrons. The van der Waals surface area contributed by atoms with Crippen LogP contribution in [0.25, 0.3) is 0 Å². The van der Waals surface area contributed by atoms with Crippen molar-refractivity contribution < 1.29 is 5.11 Å². The highest BCUT2D eigenvalue weighted by molar-refractivity contribution is 6.32. The van der Waals surface area contributed by atoms with E-state index in [2.05, 4.69) is 25.6 Å². The van der Waals surface area contributed by atoms with Crippen LogP contribution in [0, 0.1) is 6.92 Å². The number of hydrogen-bond donors (Lipinski definition) is 3. The van der Waals surface area contributed by atoms with Gasteiger partial charge in [0.25, 0.3) is 0 Å². The zero-order valence-electron chi connectivity index (χ0n) is 13.7. The number of halogens is 1. The van der Waals surface area contributed by atoms with Crippen molar-refractivity contribution >= 4 is 29.2 Å². The second kappa shape index (κ2) is 7.66. The molecular formula is C17H22ClN5O. The van der Waals surface area contributed by atoms with Crippen LogP contribution in [-0.4, -0.2) is 26.1 Å². The minimum absolute atomic E-state index is 0.0461. The summed E-state index contributed by atoms with van der Waals surface area (Å²) in [7, 11) is 0. The van der Waals surface area contributed by atoms with Crippen LogP contribution in [0.15, 0.2) is 18.2 Å². The Kier molecular flexibility index (Phi) is 5.35. The van der Waals surface area contributed by atoms with Crippen molar-refractivity contribution in [2.24, 2.45) is 0 Å². The van der Waals surface area contributed by atoms with Gasteiger partial charge >= 0.3 is 0 Å². The molecule has 3 rings (SSSR count). The summed E-state index contributed by atoms with van der Waals surface area (Å²) in [5.74, 6) is 1.75. The number of phenolic OH excluding ortho intramolecular Hbond substituents is 1. The maximum Gasteiger partial charge on any atom is 0.232 e. The molecule has 128 valence electrons. The van der Waals surface area contributed by atoms with Gasteiger partial charge in [0.1, 0.15) is 11.6 Å². The highest BCUT2D eigenvalue weighted by Gasteiger charge is 2.14. The number of phenols is 1. The first kappa shape index (κ1) is 16.8. The number of anilines is 3. The lowest BCUT2D eigenvalue weighted by molar-refractivity contribution is 0.475. The van der Waals surface area contributed by atoms with Crippen LogP contribution < -0.4 is 10.6 Å². The maximum atomic E-state index is 9.49. The van der Waals surface area contributed by atoms with E-state index in [0.29, 0.717) is 29.5 Å². The number of aromatic nitrogens is 3. The van der Waals surface area contributed by atoms with Gasteiger partial charge in [0, 0.05) is 11.7 Å². The smallest absolute Gasteiger partial charge is 0.232 e. The standard InChI is InChI=1S/C17H22ClN5O/c1-11-19-16(21-12-6-4-2-3-5-7-12)23-17(20-11)22-13-8-9-15(24)14(18)10-13/h8-10,12,24H,2-7H2,1H3,(H2,19,20,21,22,23). The molecule has 1 aromatic heterocycles. The van der Waals surface area contributed by atoms with Crippen molar-refractivity contribution in [1.29, 1.82) is 0 Å². The van der Waals surface area contributed by atoms with Crippen LogP contribution in [0.2, 0.25) is 5.02 Å². The molecule has 0 spiro atoms. The molecule has 0 aliphatic heterocycles. The summed E-state index contributed by atoms with van der Waals surface area (Å²) in [6.45, 7) is 1.84. The van der Waals surface area contributed by atoms with E-state index in [1.807, 2.05) is 6.92 Å². The number of aryl methyl sites for hydroxylation is 1. The van der Waals surface area contributed by atoms with E-state index in [0.717, 1.165) is 12.8 Å². The predicted molar refractivity (Wildman–Crippen MR) is 96.1 cm³/mol. The highest BCUT2D eigenvalue weighted by Crippen LogP contribution is 2.27. The third kappa shape index (κ3) is 4.47. The van der Waals surface area contributed by atoms with E-state index in [9.17, 15) is 5.11 Å². The Morgan fingerprint density at radius 1 is 1.04 bits per heavy atom. The minimum atomic E-state index is 0.0461. The van der Waals surface area contributed by atoms with Crippen LogP contribution in [0.3, 0.4) is 0 Å². The van der Waals surface area contributed by atoms with Gasteiger partial charge in [0.2, 0.25) is 11.9 Å². The van der Waals surface area contributed by atoms with Crippen LogP contribution in [0.5, 0.6) is 5.75 Å². The summed E-state index contributed by atoms with van der Waals surface area (Å²) < 4.78 is 0. The molecule has 7 heteroatoms. The number of rotatable bonds is 4. The first-order valence-corrected chi connectivity index (χ1v) is 8.73. The molecule has 0 unspecified atom stereocenters. The number of nitrogens with one attached hydrogen (secondary N) is 2. The fourth-order valence-electron chi connectivity index (χ4n) is 2.92. The van der Waals surface area contributed by atoms with Gasteiger partial charge in [-0.1, -0.05) is 37.3 Å². The van der Waals surface area contributed by atoms with Gasteiger partial charge in [-0.05, 0) is 38.0 Å². The topological polar surface area (TPSA) is 83.0 Å². The second-order valence-electron chi connectivity index (χ2n) is 6.15. The van der Waals surface area contributed by atoms with E-state index in [1.165, 1.54) is 31.7 Å². The third-order valence-corrected chi connectivity index (χ3v) is 4.44. The largest absolute Gasteiger partial charge is 0.506 e. The highest BCUT2D eigenvalue weighted by atomic mass is 35.5. The summed E-state index contributed by atoms with van der Waals surface area (Å²) in [5, 5.41) is 16.3. The molecule has 1 aromatic carbocycles. The Balaban J connectivity index is 1.74. The minimum Gasteiger partial charge on any atom is -0.506 e. The molecule has 1 aliphatic carbocycles. The van der Waals surface area contributed by atoms with E-state index in [-0.39, 0.29) is 10.8 Å². The molecule has 0 amide bonds. The van der Waals surface area contributed by atoms with E-state index in [4.69, 9.17) is 11.6 Å². The monoisotopic (exact) mass is 347 g/mol. The molecule has 1 heterocycles. The van der Waals surface area contributed by atoms with Crippen LogP contribution in [0.1, 0.15) is 44.3 Å². The molecule has 1 saturated carbocycles. The van der Waals surface area contributed by atoms with Gasteiger partial charge in [0.05, 0.1) is 5.02 Å². The number of benzene rings is 1. The molecule has 1 fully saturated rings. The summed E-state index contributed by atoms with van der Waals surface area (Å²) in [6.07, 6.45) is 7.42. The Morgan fingerprint density at radius 2 is 1.75 bits per heavy atom. The molecule has 2 aromatic rings. The average Bonchev–Trinajstić information content (AvgIpc) is 2.79. The molecule has 1 aliphatic rings. The van der Waals surface area contributed by atoms with Crippen molar-refractivity contribution in [3.63, 3.8) is 0 Å². The predicted octanol–water partition coefficient (Wildman–Crippen LogP) is 4.42. The van der Waals surface area contributed by atoms with Crippen molar-refractivity contribution in [3.05, 3.63) is 29.0 Å². The number of aromatic hydroxyl groups is 1. The lowest BCUT2D eigenvalue weighted by Gasteiger charge is -2.16. The Hall–Kier alpha value is -2.08. The van der Waals surface area contributed by atoms with Gasteiger partial charge in [-0.15, -0.1) is 0 Å². The fraction of sp³-hybridized carbons (Fsp3) is 0.471. The summed E-state index contributed by atoms with van der Waals surface area (Å²) >= 11 is 5.93. The zero-order chi connectivity index (χ0) is 16.9. The van der Waals surface area contributed by atoms with Crippen molar-refractivity contribution in [1.82, 2.24) is 15.0 Å². The molecule has 0 atom stereocenters. The Morgan fingerprint density at radius 3 is 2.46 bits per heavy atom. The number of hydrogen-bond acceptors (Lipinski definition) is 6. The van der Waals surface area contributed by atoms with Gasteiger partial charge in [0.15, 0.2) is 0 Å². The zero-order valence-corrected chi connectivity index (χ0v) is 14.5. The van der Waals surface area contributed by atoms with Crippen LogP contribution in [0.4, 0.5) is 17.6 Å². The van der Waals surface area contributed by atoms with Gasteiger partial charge in [-0.3, -0.25) is 0 Å². The van der Waals surface area contributed by atoms with Crippen molar-refractivity contribution in [3.8, 4) is 5.75 Å². The first-order chi connectivity index (χ1) is 11.6. The summed E-state index contributed by atoms with van der Waals surface area (Å²) in [4.78, 5) is 13.2. The van der Waals surface area contributed by atoms with E-state index in [1.54, 1.807) is 12.1 Å². The van der Waals surface area contributed by atoms with Crippen LogP contribution in [-0.2, 0) is 0 Å². The quantitative estimate of drug-likeness (QED) is 0.561. The summed E-state index contributed by atoms with van der Waals surface area (Å²) in [6, 6.07) is 5.31. The molecule has 24 heavy (non-hydrogen) atoms. The molecule has 3 N–H and O–H groups in total. The first-order valence-electron chi connectivity index (χ1n) is 8.35. The van der Waals surface area contributed by atoms with Crippen LogP contribution >= 0.6 is 11.6 Å². The lowest BCUT2D eigenvalue weighted by Crippen LogP contribution is -2.20. The normalized spacial score (nSPS) is 15.8. The number of nitrogens with zero attached hydrogens (tertiary/aromatic N) is 3. The van der Waals surface area contributed by atoms with Crippen molar-refractivity contribution in [2.75, 3.05) is 10.6 Å². The van der Waals surface area contributed by atoms with Gasteiger partial charge < -0.3 is 15.7 Å². The molecule has 0 saturated heterocycles. The maximum absolute atomic E-state index is 9.49. The summed E-state index contributed by atoms with van der Waals surface area (Å²) in [5.41, 5.74) is 0.712. The molecule has 0 bridgehead atoms. The third-order valence-electron chi connectivity index (χ3n) is 4.14. The molecule has 6 nitrogen and oxygen atoms in total. The fourth-order valence-corrected chi connectivity index (χ4v) is 3.10. The Labute approximate surface area is 146 Å². The van der Waals surface area contributed by atoms with E-state index < -0.39 is 0 Å². The average molecular weight is 348 g/mol. The van der Waals surface area contributed by atoms with Gasteiger partial charge in [-0.2, -0.15) is 15.0 Å².